The number of rotatable bonds is 6. The van der Waals surface area contributed by atoms with E-state index in [1.807, 2.05) is 35.2 Å². The van der Waals surface area contributed by atoms with Crippen LogP contribution in [0.5, 0.6) is 0 Å². The summed E-state index contributed by atoms with van der Waals surface area (Å²) in [6.45, 7) is 2.94. The van der Waals surface area contributed by atoms with Crippen LogP contribution in [0.1, 0.15) is 5.56 Å². The molecule has 8 nitrogen and oxygen atoms in total. The maximum atomic E-state index is 13.2. The van der Waals surface area contributed by atoms with E-state index in [1.165, 1.54) is 18.5 Å². The number of hydrogen-bond donors (Lipinski definition) is 0. The van der Waals surface area contributed by atoms with Gasteiger partial charge in [0.15, 0.2) is 0 Å². The normalized spacial score (nSPS) is 13.9. The molecule has 3 aromatic rings. The van der Waals surface area contributed by atoms with Gasteiger partial charge in [0.1, 0.15) is 12.1 Å². The molecule has 1 aliphatic rings. The predicted molar refractivity (Wildman–Crippen MR) is 118 cm³/mol. The SMILES string of the molecule is CN(Cc1ccccc1)c1ncnc(N2CCN(c3ccc(F)cc3)CC2)c1[N+](=O)[O-]. The molecule has 1 fully saturated rings. The van der Waals surface area contributed by atoms with Crippen LogP contribution in [0.15, 0.2) is 60.9 Å². The van der Waals surface area contributed by atoms with Crippen molar-refractivity contribution in [2.45, 2.75) is 6.54 Å². The minimum absolute atomic E-state index is 0.0869. The fourth-order valence-electron chi connectivity index (χ4n) is 3.80. The highest BCUT2D eigenvalue weighted by Gasteiger charge is 2.30. The van der Waals surface area contributed by atoms with Crippen molar-refractivity contribution in [2.75, 3.05) is 47.9 Å². The van der Waals surface area contributed by atoms with E-state index in [0.29, 0.717) is 44.4 Å². The summed E-state index contributed by atoms with van der Waals surface area (Å²) in [7, 11) is 1.79. The molecular weight excluding hydrogens is 399 g/mol. The molecule has 1 aromatic heterocycles. The molecule has 9 heteroatoms. The lowest BCUT2D eigenvalue weighted by molar-refractivity contribution is -0.383. The summed E-state index contributed by atoms with van der Waals surface area (Å²) >= 11 is 0. The van der Waals surface area contributed by atoms with Crippen LogP contribution in [-0.4, -0.2) is 48.1 Å². The van der Waals surface area contributed by atoms with E-state index in [1.54, 1.807) is 24.1 Å². The summed E-state index contributed by atoms with van der Waals surface area (Å²) in [5.41, 5.74) is 1.88. The lowest BCUT2D eigenvalue weighted by atomic mass is 10.2. The van der Waals surface area contributed by atoms with Crippen LogP contribution in [0.2, 0.25) is 0 Å². The lowest BCUT2D eigenvalue weighted by Crippen LogP contribution is -2.47. The van der Waals surface area contributed by atoms with Crippen LogP contribution >= 0.6 is 0 Å². The zero-order chi connectivity index (χ0) is 21.8. The molecule has 0 N–H and O–H groups in total. The van der Waals surface area contributed by atoms with E-state index in [2.05, 4.69) is 14.9 Å². The van der Waals surface area contributed by atoms with Crippen molar-refractivity contribution in [3.8, 4) is 0 Å². The zero-order valence-electron chi connectivity index (χ0n) is 17.2. The van der Waals surface area contributed by atoms with Gasteiger partial charge in [-0.1, -0.05) is 30.3 Å². The van der Waals surface area contributed by atoms with Crippen LogP contribution in [0.3, 0.4) is 0 Å². The highest BCUT2D eigenvalue weighted by Crippen LogP contribution is 2.35. The molecule has 0 aliphatic carbocycles. The predicted octanol–water partition coefficient (Wildman–Crippen LogP) is 3.49. The van der Waals surface area contributed by atoms with Crippen molar-refractivity contribution in [3.05, 3.63) is 82.4 Å². The Hall–Kier alpha value is -3.75. The first-order chi connectivity index (χ1) is 15.0. The van der Waals surface area contributed by atoms with E-state index < -0.39 is 4.92 Å². The Labute approximate surface area is 179 Å². The molecule has 0 amide bonds. The monoisotopic (exact) mass is 422 g/mol. The zero-order valence-corrected chi connectivity index (χ0v) is 17.2. The number of anilines is 3. The van der Waals surface area contributed by atoms with Crippen molar-refractivity contribution in [2.24, 2.45) is 0 Å². The van der Waals surface area contributed by atoms with Gasteiger partial charge in [-0.25, -0.2) is 14.4 Å². The first kappa shape index (κ1) is 20.5. The molecule has 0 atom stereocenters. The quantitative estimate of drug-likeness (QED) is 0.444. The van der Waals surface area contributed by atoms with E-state index in [9.17, 15) is 14.5 Å². The molecule has 0 bridgehead atoms. The highest BCUT2D eigenvalue weighted by atomic mass is 19.1. The van der Waals surface area contributed by atoms with E-state index >= 15 is 0 Å². The number of piperazine rings is 1. The summed E-state index contributed by atoms with van der Waals surface area (Å²) < 4.78 is 13.2. The minimum Gasteiger partial charge on any atom is -0.368 e. The smallest absolute Gasteiger partial charge is 0.353 e. The van der Waals surface area contributed by atoms with Gasteiger partial charge in [-0.2, -0.15) is 0 Å². The summed E-state index contributed by atoms with van der Waals surface area (Å²) in [5, 5.41) is 12.0. The molecule has 0 spiro atoms. The maximum absolute atomic E-state index is 13.2. The van der Waals surface area contributed by atoms with E-state index in [4.69, 9.17) is 0 Å². The fraction of sp³-hybridized carbons (Fsp3) is 0.273. The van der Waals surface area contributed by atoms with Crippen LogP contribution in [-0.2, 0) is 6.54 Å². The second kappa shape index (κ2) is 8.95. The number of benzene rings is 2. The summed E-state index contributed by atoms with van der Waals surface area (Å²) in [4.78, 5) is 25.9. The largest absolute Gasteiger partial charge is 0.368 e. The standard InChI is InChI=1S/C22H23FN6O2/c1-26(15-17-5-3-2-4-6-17)21-20(29(30)31)22(25-16-24-21)28-13-11-27(12-14-28)19-9-7-18(23)8-10-19/h2-10,16H,11-15H2,1H3. The summed E-state index contributed by atoms with van der Waals surface area (Å²) in [6.07, 6.45) is 1.38. The van der Waals surface area contributed by atoms with Crippen LogP contribution in [0.25, 0.3) is 0 Å². The molecule has 0 radical (unpaired) electrons. The summed E-state index contributed by atoms with van der Waals surface area (Å²) in [5.74, 6) is 0.347. The Morgan fingerprint density at radius 3 is 2.29 bits per heavy atom. The van der Waals surface area contributed by atoms with Crippen molar-refractivity contribution >= 4 is 23.0 Å². The van der Waals surface area contributed by atoms with Gasteiger partial charge in [0.2, 0.25) is 11.6 Å². The van der Waals surface area contributed by atoms with Gasteiger partial charge in [0.05, 0.1) is 4.92 Å². The maximum Gasteiger partial charge on any atom is 0.353 e. The number of aromatic nitrogens is 2. The molecule has 2 aromatic carbocycles. The minimum atomic E-state index is -0.404. The third-order valence-corrected chi connectivity index (χ3v) is 5.36. The Bertz CT molecular complexity index is 1040. The first-order valence-electron chi connectivity index (χ1n) is 10.0. The van der Waals surface area contributed by atoms with Gasteiger partial charge in [0, 0.05) is 45.5 Å². The second-order valence-corrected chi connectivity index (χ2v) is 7.42. The van der Waals surface area contributed by atoms with Crippen molar-refractivity contribution in [1.82, 2.24) is 9.97 Å². The van der Waals surface area contributed by atoms with Gasteiger partial charge in [-0.15, -0.1) is 0 Å². The van der Waals surface area contributed by atoms with Crippen LogP contribution in [0.4, 0.5) is 27.4 Å². The van der Waals surface area contributed by atoms with Crippen LogP contribution in [0, 0.1) is 15.9 Å². The number of hydrogen-bond acceptors (Lipinski definition) is 7. The topological polar surface area (TPSA) is 78.6 Å². The molecular formula is C22H23FN6O2. The number of nitro groups is 1. The van der Waals surface area contributed by atoms with Gasteiger partial charge in [0.25, 0.3) is 0 Å². The molecule has 0 unspecified atom stereocenters. The van der Waals surface area contributed by atoms with E-state index in [-0.39, 0.29) is 11.5 Å². The van der Waals surface area contributed by atoms with Gasteiger partial charge >= 0.3 is 5.69 Å². The Morgan fingerprint density at radius 2 is 1.65 bits per heavy atom. The summed E-state index contributed by atoms with van der Waals surface area (Å²) in [6, 6.07) is 16.1. The number of halogens is 1. The second-order valence-electron chi connectivity index (χ2n) is 7.42. The first-order valence-corrected chi connectivity index (χ1v) is 10.0. The molecule has 4 rings (SSSR count). The van der Waals surface area contributed by atoms with Crippen LogP contribution < -0.4 is 14.7 Å². The average Bonchev–Trinajstić information content (AvgIpc) is 2.80. The third-order valence-electron chi connectivity index (χ3n) is 5.36. The number of nitrogens with zero attached hydrogens (tertiary/aromatic N) is 6. The Morgan fingerprint density at radius 1 is 1.00 bits per heavy atom. The molecule has 31 heavy (non-hydrogen) atoms. The van der Waals surface area contributed by atoms with Gasteiger partial charge in [-0.3, -0.25) is 10.1 Å². The molecule has 2 heterocycles. The highest BCUT2D eigenvalue weighted by molar-refractivity contribution is 5.71. The van der Waals surface area contributed by atoms with E-state index in [0.717, 1.165) is 11.3 Å². The molecule has 0 saturated carbocycles. The van der Waals surface area contributed by atoms with Crippen molar-refractivity contribution in [1.29, 1.82) is 0 Å². The lowest BCUT2D eigenvalue weighted by Gasteiger charge is -2.36. The third kappa shape index (κ3) is 4.55. The van der Waals surface area contributed by atoms with Gasteiger partial charge in [-0.05, 0) is 29.8 Å². The van der Waals surface area contributed by atoms with Gasteiger partial charge < -0.3 is 14.7 Å². The Kier molecular flexibility index (Phi) is 5.92. The van der Waals surface area contributed by atoms with Crippen molar-refractivity contribution in [3.63, 3.8) is 0 Å². The molecule has 1 aliphatic heterocycles. The average molecular weight is 422 g/mol. The molecule has 1 saturated heterocycles. The Balaban J connectivity index is 1.54. The fourth-order valence-corrected chi connectivity index (χ4v) is 3.80. The van der Waals surface area contributed by atoms with Crippen molar-refractivity contribution < 1.29 is 9.31 Å². The molecule has 160 valence electrons.